The Kier molecular flexibility index (Phi) is 3.79. The molecule has 0 N–H and O–H groups in total. The van der Waals surface area contributed by atoms with Crippen LogP contribution in [0.25, 0.3) is 33.2 Å². The molecule has 0 saturated carbocycles. The number of aromatic nitrogens is 6. The van der Waals surface area contributed by atoms with Crippen LogP contribution in [0.5, 0.6) is 0 Å². The van der Waals surface area contributed by atoms with Crippen LogP contribution in [0.1, 0.15) is 25.7 Å². The highest BCUT2D eigenvalue weighted by atomic mass is 15.3. The van der Waals surface area contributed by atoms with Gasteiger partial charge < -0.3 is 13.7 Å². The van der Waals surface area contributed by atoms with Crippen LogP contribution in [0, 0.1) is 0 Å². The maximum absolute atomic E-state index is 4.66. The van der Waals surface area contributed by atoms with Gasteiger partial charge in [0.1, 0.15) is 12.2 Å². The van der Waals surface area contributed by atoms with Crippen molar-refractivity contribution in [1.29, 1.82) is 0 Å². The van der Waals surface area contributed by atoms with E-state index in [1.807, 2.05) is 24.0 Å². The molecule has 0 aliphatic heterocycles. The van der Waals surface area contributed by atoms with E-state index >= 15 is 0 Å². The lowest BCUT2D eigenvalue weighted by Crippen LogP contribution is -2.12. The maximum atomic E-state index is 4.66. The molecule has 6 heteroatoms. The number of hydrogen-bond donors (Lipinski definition) is 0. The lowest BCUT2D eigenvalue weighted by molar-refractivity contribution is 0.578. The first kappa shape index (κ1) is 16.7. The van der Waals surface area contributed by atoms with Crippen LogP contribution in [0.2, 0.25) is 0 Å². The Hall–Kier alpha value is -3.41. The number of rotatable bonds is 4. The fourth-order valence-electron chi connectivity index (χ4n) is 4.18. The second kappa shape index (κ2) is 6.34. The summed E-state index contributed by atoms with van der Waals surface area (Å²) in [4.78, 5) is 4.66. The van der Waals surface area contributed by atoms with E-state index in [-0.39, 0.29) is 6.04 Å². The Balaban J connectivity index is 1.68. The monoisotopic (exact) mass is 370 g/mol. The zero-order valence-corrected chi connectivity index (χ0v) is 16.2. The molecule has 0 saturated heterocycles. The Morgan fingerprint density at radius 3 is 2.64 bits per heavy atom. The number of hydrogen-bond acceptors (Lipinski definition) is 3. The lowest BCUT2D eigenvalue weighted by Gasteiger charge is -2.16. The van der Waals surface area contributed by atoms with Gasteiger partial charge in [-0.25, -0.2) is 4.98 Å². The normalized spacial score (nSPS) is 12.8. The number of fused-ring (bicyclic) bond motifs is 3. The molecule has 0 aliphatic carbocycles. The fourth-order valence-corrected chi connectivity index (χ4v) is 4.18. The largest absolute Gasteiger partial charge is 0.341 e. The van der Waals surface area contributed by atoms with Crippen LogP contribution in [-0.4, -0.2) is 28.9 Å². The minimum Gasteiger partial charge on any atom is -0.341 e. The predicted octanol–water partition coefficient (Wildman–Crippen LogP) is 4.42. The first-order valence-corrected chi connectivity index (χ1v) is 9.57. The molecule has 0 spiro atoms. The van der Waals surface area contributed by atoms with E-state index < -0.39 is 0 Å². The van der Waals surface area contributed by atoms with E-state index in [0.717, 1.165) is 23.8 Å². The van der Waals surface area contributed by atoms with E-state index in [0.29, 0.717) is 0 Å². The highest BCUT2D eigenvalue weighted by molar-refractivity contribution is 6.09. The number of aryl methyl sites for hydroxylation is 2. The quantitative estimate of drug-likeness (QED) is 0.471. The first-order chi connectivity index (χ1) is 13.7. The topological polar surface area (TPSA) is 53.5 Å². The van der Waals surface area contributed by atoms with Crippen LogP contribution < -0.4 is 0 Å². The minimum atomic E-state index is 0.0395. The van der Waals surface area contributed by atoms with Gasteiger partial charge in [-0.15, -0.1) is 10.2 Å². The maximum Gasteiger partial charge on any atom is 0.155 e. The average molecular weight is 370 g/mol. The van der Waals surface area contributed by atoms with E-state index in [1.165, 1.54) is 21.8 Å². The summed E-state index contributed by atoms with van der Waals surface area (Å²) < 4.78 is 6.47. The lowest BCUT2D eigenvalue weighted by atomic mass is 10.1. The number of nitrogens with zero attached hydrogens (tertiary/aromatic N) is 6. The average Bonchev–Trinajstić information content (AvgIpc) is 3.44. The van der Waals surface area contributed by atoms with Crippen LogP contribution >= 0.6 is 0 Å². The number of imidazole rings is 1. The SMILES string of the molecule is CCn1c2ccccc2c2cc(-c3nccn3[C@H](C)c3nncn3C)ccc21. The summed E-state index contributed by atoms with van der Waals surface area (Å²) in [6.45, 7) is 5.26. The van der Waals surface area contributed by atoms with Crippen LogP contribution in [0.15, 0.2) is 61.2 Å². The summed E-state index contributed by atoms with van der Waals surface area (Å²) >= 11 is 0. The van der Waals surface area contributed by atoms with Gasteiger partial charge in [0.2, 0.25) is 0 Å². The van der Waals surface area contributed by atoms with Gasteiger partial charge in [0.25, 0.3) is 0 Å². The van der Waals surface area contributed by atoms with Crippen molar-refractivity contribution in [3.8, 4) is 11.4 Å². The highest BCUT2D eigenvalue weighted by Gasteiger charge is 2.18. The first-order valence-electron chi connectivity index (χ1n) is 9.57. The van der Waals surface area contributed by atoms with Gasteiger partial charge in [-0.05, 0) is 38.1 Å². The van der Waals surface area contributed by atoms with Gasteiger partial charge in [0.05, 0.1) is 6.04 Å². The molecule has 0 bridgehead atoms. The Morgan fingerprint density at radius 1 is 1.04 bits per heavy atom. The van der Waals surface area contributed by atoms with Crippen molar-refractivity contribution in [2.45, 2.75) is 26.4 Å². The van der Waals surface area contributed by atoms with E-state index in [4.69, 9.17) is 0 Å². The smallest absolute Gasteiger partial charge is 0.155 e. The van der Waals surface area contributed by atoms with Crippen molar-refractivity contribution in [2.75, 3.05) is 0 Å². The van der Waals surface area contributed by atoms with Crippen molar-refractivity contribution in [3.05, 3.63) is 67.0 Å². The standard InChI is InChI=1S/C22H22N6/c1-4-27-19-8-6-5-7-17(19)18-13-16(9-10-20(18)27)22-23-11-12-28(22)15(2)21-25-24-14-26(21)3/h5-15H,4H2,1-3H3/t15-/m1/s1. The minimum absolute atomic E-state index is 0.0395. The summed E-state index contributed by atoms with van der Waals surface area (Å²) in [7, 11) is 1.97. The van der Waals surface area contributed by atoms with Crippen molar-refractivity contribution in [2.24, 2.45) is 7.05 Å². The number of benzene rings is 2. The molecule has 5 aromatic rings. The van der Waals surface area contributed by atoms with E-state index in [2.05, 4.69) is 80.6 Å². The van der Waals surface area contributed by atoms with Crippen LogP contribution in [0.3, 0.4) is 0 Å². The van der Waals surface area contributed by atoms with Gasteiger partial charge >= 0.3 is 0 Å². The summed E-state index contributed by atoms with van der Waals surface area (Å²) in [5.74, 6) is 1.84. The third-order valence-corrected chi connectivity index (χ3v) is 5.55. The van der Waals surface area contributed by atoms with E-state index in [1.54, 1.807) is 6.33 Å². The molecule has 0 aliphatic rings. The molecule has 0 unspecified atom stereocenters. The molecule has 0 fully saturated rings. The third kappa shape index (κ3) is 2.37. The Morgan fingerprint density at radius 2 is 1.86 bits per heavy atom. The van der Waals surface area contributed by atoms with Gasteiger partial charge in [-0.1, -0.05) is 18.2 Å². The zero-order chi connectivity index (χ0) is 19.3. The van der Waals surface area contributed by atoms with E-state index in [9.17, 15) is 0 Å². The molecule has 2 aromatic carbocycles. The second-order valence-electron chi connectivity index (χ2n) is 7.13. The summed E-state index contributed by atoms with van der Waals surface area (Å²) in [6, 6.07) is 15.3. The molecule has 3 heterocycles. The molecule has 1 atom stereocenters. The third-order valence-electron chi connectivity index (χ3n) is 5.55. The summed E-state index contributed by atoms with van der Waals surface area (Å²) in [5.41, 5.74) is 3.63. The van der Waals surface area contributed by atoms with Crippen molar-refractivity contribution in [1.82, 2.24) is 28.9 Å². The molecule has 6 nitrogen and oxygen atoms in total. The molecular weight excluding hydrogens is 348 g/mol. The van der Waals surface area contributed by atoms with Crippen molar-refractivity contribution < 1.29 is 0 Å². The molecule has 0 amide bonds. The zero-order valence-electron chi connectivity index (χ0n) is 16.2. The van der Waals surface area contributed by atoms with Gasteiger partial charge in [-0.3, -0.25) is 0 Å². The molecular formula is C22H22N6. The van der Waals surface area contributed by atoms with Crippen LogP contribution in [-0.2, 0) is 13.6 Å². The van der Waals surface area contributed by atoms with Gasteiger partial charge in [-0.2, -0.15) is 0 Å². The Bertz CT molecular complexity index is 1290. The fraction of sp³-hybridized carbons (Fsp3) is 0.227. The van der Waals surface area contributed by atoms with Crippen molar-refractivity contribution >= 4 is 21.8 Å². The summed E-state index contributed by atoms with van der Waals surface area (Å²) in [6.07, 6.45) is 5.59. The van der Waals surface area contributed by atoms with Gasteiger partial charge in [0, 0.05) is 53.4 Å². The van der Waals surface area contributed by atoms with Gasteiger partial charge in [0.15, 0.2) is 5.82 Å². The van der Waals surface area contributed by atoms with Crippen molar-refractivity contribution in [3.63, 3.8) is 0 Å². The second-order valence-corrected chi connectivity index (χ2v) is 7.13. The number of para-hydroxylation sites is 1. The molecule has 5 rings (SSSR count). The molecule has 0 radical (unpaired) electrons. The Labute approximate surface area is 163 Å². The molecule has 3 aromatic heterocycles. The summed E-state index contributed by atoms with van der Waals surface area (Å²) in [5, 5.41) is 10.8. The highest BCUT2D eigenvalue weighted by Crippen LogP contribution is 2.33. The molecule has 28 heavy (non-hydrogen) atoms. The predicted molar refractivity (Wildman–Crippen MR) is 111 cm³/mol. The molecule has 140 valence electrons. The van der Waals surface area contributed by atoms with Crippen LogP contribution in [0.4, 0.5) is 0 Å².